The maximum Gasteiger partial charge on any atom is 0.249 e. The predicted molar refractivity (Wildman–Crippen MR) is 279 cm³/mol. The van der Waals surface area contributed by atoms with Crippen molar-refractivity contribution in [2.75, 3.05) is 13.2 Å². The van der Waals surface area contributed by atoms with Gasteiger partial charge in [0.1, 0.15) is 36.6 Å². The lowest BCUT2D eigenvalue weighted by molar-refractivity contribution is -0.303. The van der Waals surface area contributed by atoms with Gasteiger partial charge in [0.05, 0.1) is 25.4 Å². The second-order valence-electron chi connectivity index (χ2n) is 20.0. The molecule has 1 aliphatic rings. The van der Waals surface area contributed by atoms with Crippen LogP contribution in [-0.2, 0) is 14.3 Å². The molecule has 0 aromatic rings. The molecule has 1 rings (SSSR count). The van der Waals surface area contributed by atoms with E-state index in [1.165, 1.54) is 167 Å². The number of hydrogen-bond donors (Lipinski definition) is 8. The normalized spacial score (nSPS) is 20.8. The van der Waals surface area contributed by atoms with Crippen LogP contribution in [0.5, 0.6) is 0 Å². The van der Waals surface area contributed by atoms with Crippen LogP contribution in [0.25, 0.3) is 0 Å². The van der Waals surface area contributed by atoms with Gasteiger partial charge >= 0.3 is 0 Å². The molecular weight excluding hydrogens is 859 g/mol. The summed E-state index contributed by atoms with van der Waals surface area (Å²) in [5.41, 5.74) is 0. The van der Waals surface area contributed by atoms with E-state index in [1.54, 1.807) is 0 Å². The molecule has 9 unspecified atom stereocenters. The van der Waals surface area contributed by atoms with Crippen LogP contribution < -0.4 is 5.32 Å². The first-order valence-electron chi connectivity index (χ1n) is 28.4. The fourth-order valence-electron chi connectivity index (χ4n) is 8.98. The van der Waals surface area contributed by atoms with Crippen molar-refractivity contribution in [3.05, 3.63) is 36.5 Å². The van der Waals surface area contributed by atoms with Gasteiger partial charge in [0.25, 0.3) is 0 Å². The van der Waals surface area contributed by atoms with E-state index in [4.69, 9.17) is 9.47 Å². The Hall–Kier alpha value is -1.67. The Labute approximate surface area is 416 Å². The predicted octanol–water partition coefficient (Wildman–Crippen LogP) is 11.5. The highest BCUT2D eigenvalue weighted by Gasteiger charge is 2.44. The van der Waals surface area contributed by atoms with Gasteiger partial charge in [-0.15, -0.1) is 0 Å². The molecular formula is C57H107NO10. The second kappa shape index (κ2) is 46.4. The van der Waals surface area contributed by atoms with E-state index in [9.17, 15) is 40.5 Å². The molecule has 400 valence electrons. The van der Waals surface area contributed by atoms with Gasteiger partial charge in [0, 0.05) is 0 Å². The van der Waals surface area contributed by atoms with Crippen LogP contribution >= 0.6 is 0 Å². The minimum Gasteiger partial charge on any atom is -0.394 e. The molecule has 1 fully saturated rings. The Morgan fingerprint density at radius 3 is 1.31 bits per heavy atom. The minimum atomic E-state index is -1.67. The summed E-state index contributed by atoms with van der Waals surface area (Å²) in [4.78, 5) is 13.1. The zero-order chi connectivity index (χ0) is 49.7. The quantitative estimate of drug-likeness (QED) is 0.0215. The third-order valence-corrected chi connectivity index (χ3v) is 13.6. The summed E-state index contributed by atoms with van der Waals surface area (Å²) in [7, 11) is 0. The van der Waals surface area contributed by atoms with Crippen molar-refractivity contribution in [3.8, 4) is 0 Å². The van der Waals surface area contributed by atoms with E-state index in [0.717, 1.165) is 38.5 Å². The number of carbonyl (C=O) groups is 1. The second-order valence-corrected chi connectivity index (χ2v) is 20.0. The number of hydrogen-bond acceptors (Lipinski definition) is 10. The lowest BCUT2D eigenvalue weighted by atomic mass is 9.98. The van der Waals surface area contributed by atoms with Crippen molar-refractivity contribution < 1.29 is 50.0 Å². The number of aliphatic hydroxyl groups is 7. The molecule has 1 amide bonds. The standard InChI is InChI=1S/C57H107NO10/c1-3-5-7-9-11-13-15-17-18-19-20-21-22-23-24-25-26-27-28-29-30-31-32-33-35-36-38-40-42-44-49(60)52(62)48(47-67-57-55(65)54(64)53(63)51(46-59)68-57)58-56(66)50(61)45-43-41-39-37-34-16-14-12-10-8-6-4-2/h31-32,34,36-38,48-55,57,59-65H,3-30,33,35,39-47H2,1-2H3,(H,58,66)/b32-31+,37-34-,38-36+. The number of unbranched alkanes of at least 4 members (excludes halogenated alkanes) is 30. The monoisotopic (exact) mass is 966 g/mol. The first-order chi connectivity index (χ1) is 33.2. The first-order valence-corrected chi connectivity index (χ1v) is 28.4. The number of carbonyl (C=O) groups excluding carboxylic acids is 1. The SMILES string of the molecule is CCCCCCCC/C=C\CCCCC(O)C(=O)NC(COC1OC(CO)C(O)C(O)C1O)C(O)C(O)CCC/C=C/CC/C=C/CCCCCCCCCCCCCCCCCCCCCC. The highest BCUT2D eigenvalue weighted by Crippen LogP contribution is 2.23. The van der Waals surface area contributed by atoms with Crippen molar-refractivity contribution in [3.63, 3.8) is 0 Å². The molecule has 11 nitrogen and oxygen atoms in total. The molecule has 9 atom stereocenters. The van der Waals surface area contributed by atoms with E-state index in [-0.39, 0.29) is 12.8 Å². The number of nitrogens with one attached hydrogen (secondary N) is 1. The molecule has 1 saturated heterocycles. The Balaban J connectivity index is 2.29. The van der Waals surface area contributed by atoms with Crippen molar-refractivity contribution in [1.82, 2.24) is 5.32 Å². The maximum atomic E-state index is 13.1. The largest absolute Gasteiger partial charge is 0.394 e. The maximum absolute atomic E-state index is 13.1. The Morgan fingerprint density at radius 1 is 0.500 bits per heavy atom. The molecule has 0 aromatic carbocycles. The number of aliphatic hydroxyl groups excluding tert-OH is 7. The van der Waals surface area contributed by atoms with Crippen LogP contribution in [0.2, 0.25) is 0 Å². The van der Waals surface area contributed by atoms with E-state index >= 15 is 0 Å². The van der Waals surface area contributed by atoms with Crippen molar-refractivity contribution >= 4 is 5.91 Å². The average molecular weight is 966 g/mol. The van der Waals surface area contributed by atoms with Crippen LogP contribution in [0, 0.1) is 0 Å². The molecule has 11 heteroatoms. The van der Waals surface area contributed by atoms with Crippen LogP contribution in [0.15, 0.2) is 36.5 Å². The van der Waals surface area contributed by atoms with E-state index in [1.807, 2.05) is 0 Å². The van der Waals surface area contributed by atoms with Crippen LogP contribution in [0.3, 0.4) is 0 Å². The Bertz CT molecular complexity index is 1200. The number of ether oxygens (including phenoxy) is 2. The van der Waals surface area contributed by atoms with Gasteiger partial charge in [-0.3, -0.25) is 4.79 Å². The van der Waals surface area contributed by atoms with Gasteiger partial charge in [-0.25, -0.2) is 0 Å². The summed E-state index contributed by atoms with van der Waals surface area (Å²) in [6, 6.07) is -1.20. The molecule has 8 N–H and O–H groups in total. The topological polar surface area (TPSA) is 189 Å². The van der Waals surface area contributed by atoms with Gasteiger partial charge in [0.2, 0.25) is 5.91 Å². The summed E-state index contributed by atoms with van der Waals surface area (Å²) in [6.07, 6.45) is 45.2. The van der Waals surface area contributed by atoms with Crippen molar-refractivity contribution in [2.45, 2.75) is 306 Å². The van der Waals surface area contributed by atoms with Crippen molar-refractivity contribution in [1.29, 1.82) is 0 Å². The lowest BCUT2D eigenvalue weighted by Crippen LogP contribution is -2.60. The van der Waals surface area contributed by atoms with Crippen LogP contribution in [0.4, 0.5) is 0 Å². The number of allylic oxidation sites excluding steroid dienone is 6. The van der Waals surface area contributed by atoms with Gasteiger partial charge in [-0.2, -0.15) is 0 Å². The first kappa shape index (κ1) is 64.3. The van der Waals surface area contributed by atoms with Gasteiger partial charge < -0.3 is 50.5 Å². The summed E-state index contributed by atoms with van der Waals surface area (Å²) < 4.78 is 11.1. The summed E-state index contributed by atoms with van der Waals surface area (Å²) in [6.45, 7) is 3.42. The lowest BCUT2D eigenvalue weighted by Gasteiger charge is -2.40. The third kappa shape index (κ3) is 34.6. The summed E-state index contributed by atoms with van der Waals surface area (Å²) in [5.74, 6) is -0.727. The smallest absolute Gasteiger partial charge is 0.249 e. The molecule has 0 saturated carbocycles. The van der Waals surface area contributed by atoms with E-state index < -0.39 is 74.2 Å². The molecule has 0 aliphatic carbocycles. The van der Waals surface area contributed by atoms with Crippen LogP contribution in [0.1, 0.15) is 251 Å². The fourth-order valence-corrected chi connectivity index (χ4v) is 8.98. The molecule has 68 heavy (non-hydrogen) atoms. The fraction of sp³-hybridized carbons (Fsp3) is 0.877. The van der Waals surface area contributed by atoms with Gasteiger partial charge in [-0.05, 0) is 77.0 Å². The Kier molecular flexibility index (Phi) is 43.9. The number of rotatable bonds is 48. The highest BCUT2D eigenvalue weighted by molar-refractivity contribution is 5.80. The van der Waals surface area contributed by atoms with E-state index in [2.05, 4.69) is 55.6 Å². The van der Waals surface area contributed by atoms with Gasteiger partial charge in [0.15, 0.2) is 6.29 Å². The molecule has 0 spiro atoms. The summed E-state index contributed by atoms with van der Waals surface area (Å²) in [5, 5.41) is 75.8. The third-order valence-electron chi connectivity index (χ3n) is 13.6. The minimum absolute atomic E-state index is 0.220. The molecule has 0 radical (unpaired) electrons. The molecule has 0 aromatic heterocycles. The zero-order valence-electron chi connectivity index (χ0n) is 43.6. The number of amides is 1. The molecule has 0 bridgehead atoms. The van der Waals surface area contributed by atoms with E-state index in [0.29, 0.717) is 19.3 Å². The molecule has 1 aliphatic heterocycles. The van der Waals surface area contributed by atoms with Crippen molar-refractivity contribution in [2.24, 2.45) is 0 Å². The average Bonchev–Trinajstić information content (AvgIpc) is 3.34. The van der Waals surface area contributed by atoms with Crippen LogP contribution in [-0.4, -0.2) is 110 Å². The summed E-state index contributed by atoms with van der Waals surface area (Å²) >= 11 is 0. The highest BCUT2D eigenvalue weighted by atomic mass is 16.7. The molecule has 1 heterocycles. The van der Waals surface area contributed by atoms with Gasteiger partial charge in [-0.1, -0.05) is 211 Å². The zero-order valence-corrected chi connectivity index (χ0v) is 43.6. The Morgan fingerprint density at radius 2 is 0.882 bits per heavy atom.